The molecule has 0 atom stereocenters. The Balaban J connectivity index is 2.27. The van der Waals surface area contributed by atoms with Crippen LogP contribution >= 0.6 is 0 Å². The van der Waals surface area contributed by atoms with E-state index in [0.29, 0.717) is 0 Å². The van der Waals surface area contributed by atoms with Gasteiger partial charge in [-0.3, -0.25) is 0 Å². The van der Waals surface area contributed by atoms with Crippen molar-refractivity contribution in [2.45, 2.75) is 39.3 Å². The molecule has 2 heteroatoms. The van der Waals surface area contributed by atoms with Gasteiger partial charge in [-0.1, -0.05) is 20.8 Å². The Morgan fingerprint density at radius 1 is 1.12 bits per heavy atom. The first-order valence-corrected chi connectivity index (χ1v) is 5.80. The zero-order valence-electron chi connectivity index (χ0n) is 10.1. The number of fused-ring (bicyclic) bond motifs is 2. The molecule has 1 aliphatic rings. The van der Waals surface area contributed by atoms with Crippen molar-refractivity contribution in [3.63, 3.8) is 0 Å². The van der Waals surface area contributed by atoms with Crippen molar-refractivity contribution < 1.29 is 4.42 Å². The van der Waals surface area contributed by atoms with E-state index in [1.807, 2.05) is 6.26 Å². The van der Waals surface area contributed by atoms with Crippen LogP contribution in [0.5, 0.6) is 0 Å². The third kappa shape index (κ3) is 1.37. The summed E-state index contributed by atoms with van der Waals surface area (Å²) < 4.78 is 5.67. The molecule has 0 unspecified atom stereocenters. The van der Waals surface area contributed by atoms with Crippen molar-refractivity contribution >= 4 is 11.0 Å². The molecule has 1 aliphatic heterocycles. The van der Waals surface area contributed by atoms with Crippen LogP contribution in [0.3, 0.4) is 0 Å². The lowest BCUT2D eigenvalue weighted by molar-refractivity contribution is 0.557. The minimum absolute atomic E-state index is 0.144. The Labute approximate surface area is 95.6 Å². The smallest absolute Gasteiger partial charge is 0.134 e. The van der Waals surface area contributed by atoms with Gasteiger partial charge in [-0.05, 0) is 28.7 Å². The number of rotatable bonds is 0. The van der Waals surface area contributed by atoms with Crippen molar-refractivity contribution in [1.29, 1.82) is 0 Å². The average molecular weight is 215 g/mol. The van der Waals surface area contributed by atoms with Crippen molar-refractivity contribution in [3.05, 3.63) is 35.1 Å². The Kier molecular flexibility index (Phi) is 1.93. The second-order valence-electron chi connectivity index (χ2n) is 5.62. The van der Waals surface area contributed by atoms with Crippen LogP contribution < -0.4 is 5.32 Å². The fourth-order valence-electron chi connectivity index (χ4n) is 2.40. The van der Waals surface area contributed by atoms with E-state index < -0.39 is 0 Å². The zero-order chi connectivity index (χ0) is 11.3. The number of hydrogen-bond acceptors (Lipinski definition) is 2. The lowest BCUT2D eigenvalue weighted by atomic mass is 9.86. The van der Waals surface area contributed by atoms with Crippen molar-refractivity contribution in [2.75, 3.05) is 0 Å². The Morgan fingerprint density at radius 2 is 1.81 bits per heavy atom. The molecule has 1 aromatic carbocycles. The molecular weight excluding hydrogens is 198 g/mol. The summed E-state index contributed by atoms with van der Waals surface area (Å²) in [6.45, 7) is 8.63. The fourth-order valence-corrected chi connectivity index (χ4v) is 2.40. The van der Waals surface area contributed by atoms with Gasteiger partial charge < -0.3 is 9.73 Å². The molecule has 0 bridgehead atoms. The second-order valence-corrected chi connectivity index (χ2v) is 5.62. The summed E-state index contributed by atoms with van der Waals surface area (Å²) >= 11 is 0. The summed E-state index contributed by atoms with van der Waals surface area (Å²) in [5.74, 6) is 0. The molecule has 0 saturated heterocycles. The van der Waals surface area contributed by atoms with Gasteiger partial charge in [-0.15, -0.1) is 0 Å². The molecular formula is C14H17NO. The molecule has 3 rings (SSSR count). The highest BCUT2D eigenvalue weighted by Gasteiger charge is 2.21. The molecule has 0 radical (unpaired) electrons. The summed E-state index contributed by atoms with van der Waals surface area (Å²) in [7, 11) is 0. The third-order valence-corrected chi connectivity index (χ3v) is 3.33. The fraction of sp³-hybridized carbons (Fsp3) is 0.429. The highest BCUT2D eigenvalue weighted by atomic mass is 16.3. The number of hydrogen-bond donors (Lipinski definition) is 1. The van der Waals surface area contributed by atoms with Crippen LogP contribution in [0.15, 0.2) is 22.8 Å². The zero-order valence-corrected chi connectivity index (χ0v) is 10.1. The summed E-state index contributed by atoms with van der Waals surface area (Å²) in [6.07, 6.45) is 1.91. The second kappa shape index (κ2) is 3.11. The van der Waals surface area contributed by atoms with Crippen LogP contribution in [-0.2, 0) is 18.5 Å². The maximum absolute atomic E-state index is 5.67. The molecule has 0 aliphatic carbocycles. The summed E-state index contributed by atoms with van der Waals surface area (Å²) in [5, 5.41) is 4.64. The van der Waals surface area contributed by atoms with E-state index in [1.165, 1.54) is 22.1 Å². The van der Waals surface area contributed by atoms with Crippen LogP contribution in [-0.4, -0.2) is 0 Å². The normalized spacial score (nSPS) is 15.7. The van der Waals surface area contributed by atoms with Gasteiger partial charge in [0.25, 0.3) is 0 Å². The lowest BCUT2D eigenvalue weighted by Gasteiger charge is -2.16. The van der Waals surface area contributed by atoms with Crippen LogP contribution in [0.1, 0.15) is 37.5 Å². The van der Waals surface area contributed by atoms with Crippen LogP contribution in [0.4, 0.5) is 0 Å². The topological polar surface area (TPSA) is 25.2 Å². The van der Waals surface area contributed by atoms with E-state index in [4.69, 9.17) is 4.42 Å². The van der Waals surface area contributed by atoms with Gasteiger partial charge >= 0.3 is 0 Å². The molecule has 2 nitrogen and oxygen atoms in total. The van der Waals surface area contributed by atoms with E-state index >= 15 is 0 Å². The van der Waals surface area contributed by atoms with Gasteiger partial charge in [0.05, 0.1) is 6.26 Å². The van der Waals surface area contributed by atoms with Crippen LogP contribution in [0, 0.1) is 0 Å². The molecule has 0 spiro atoms. The molecule has 0 amide bonds. The van der Waals surface area contributed by atoms with Crippen LogP contribution in [0.2, 0.25) is 0 Å². The van der Waals surface area contributed by atoms with E-state index in [9.17, 15) is 0 Å². The molecule has 0 saturated carbocycles. The van der Waals surface area contributed by atoms with Crippen molar-refractivity contribution in [2.24, 2.45) is 0 Å². The predicted octanol–water partition coefficient (Wildman–Crippen LogP) is 3.33. The van der Waals surface area contributed by atoms with Gasteiger partial charge in [-0.2, -0.15) is 0 Å². The molecule has 16 heavy (non-hydrogen) atoms. The summed E-state index contributed by atoms with van der Waals surface area (Å²) in [6, 6.07) is 4.47. The maximum atomic E-state index is 5.67. The molecule has 2 aromatic rings. The van der Waals surface area contributed by atoms with Gasteiger partial charge in [0.15, 0.2) is 0 Å². The van der Waals surface area contributed by atoms with E-state index in [0.717, 1.165) is 18.7 Å². The van der Waals surface area contributed by atoms with Crippen molar-refractivity contribution in [1.82, 2.24) is 5.32 Å². The predicted molar refractivity (Wildman–Crippen MR) is 65.5 cm³/mol. The van der Waals surface area contributed by atoms with E-state index in [-0.39, 0.29) is 5.41 Å². The highest BCUT2D eigenvalue weighted by Crippen LogP contribution is 2.34. The van der Waals surface area contributed by atoms with Crippen molar-refractivity contribution in [3.8, 4) is 0 Å². The van der Waals surface area contributed by atoms with Gasteiger partial charge in [0.2, 0.25) is 0 Å². The number of nitrogens with one attached hydrogen (secondary N) is 1. The first kappa shape index (κ1) is 9.91. The Hall–Kier alpha value is -1.28. The van der Waals surface area contributed by atoms with Crippen LogP contribution in [0.25, 0.3) is 11.0 Å². The first-order chi connectivity index (χ1) is 7.55. The SMILES string of the molecule is CC(C)(C)c1coc2cc3c(cc12)CNC3. The summed E-state index contributed by atoms with van der Waals surface area (Å²) in [5.41, 5.74) is 5.26. The standard InChI is InChI=1S/C14H17NO/c1-14(2,3)12-8-16-13-5-10-7-15-6-9(10)4-11(12)13/h4-5,8,15H,6-7H2,1-3H3. The molecule has 1 aromatic heterocycles. The Bertz CT molecular complexity index is 546. The minimum Gasteiger partial charge on any atom is -0.464 e. The van der Waals surface area contributed by atoms with Gasteiger partial charge in [0, 0.05) is 24.0 Å². The van der Waals surface area contributed by atoms with E-state index in [1.54, 1.807) is 0 Å². The largest absolute Gasteiger partial charge is 0.464 e. The first-order valence-electron chi connectivity index (χ1n) is 5.80. The average Bonchev–Trinajstić information content (AvgIpc) is 2.76. The van der Waals surface area contributed by atoms with Gasteiger partial charge in [-0.25, -0.2) is 0 Å². The molecule has 0 fully saturated rings. The number of furan rings is 1. The number of benzene rings is 1. The monoisotopic (exact) mass is 215 g/mol. The lowest BCUT2D eigenvalue weighted by Crippen LogP contribution is -2.09. The quantitative estimate of drug-likeness (QED) is 0.729. The van der Waals surface area contributed by atoms with E-state index in [2.05, 4.69) is 38.2 Å². The maximum Gasteiger partial charge on any atom is 0.134 e. The molecule has 84 valence electrons. The van der Waals surface area contributed by atoms with Gasteiger partial charge in [0.1, 0.15) is 5.58 Å². The highest BCUT2D eigenvalue weighted by molar-refractivity contribution is 5.84. The summed E-state index contributed by atoms with van der Waals surface area (Å²) in [4.78, 5) is 0. The molecule has 2 heterocycles. The third-order valence-electron chi connectivity index (χ3n) is 3.33. The Morgan fingerprint density at radius 3 is 2.50 bits per heavy atom. The minimum atomic E-state index is 0.144. The molecule has 1 N–H and O–H groups in total.